The first-order valence-corrected chi connectivity index (χ1v) is 12.1. The SMILES string of the molecule is COc1ccc(N(C)C(=O)[C@H](Cc2ccccc2)NC(=O)N[S+]([O-])NCc2nccs2)cc1. The van der Waals surface area contributed by atoms with Gasteiger partial charge in [0.05, 0.1) is 13.7 Å². The van der Waals surface area contributed by atoms with Crippen LogP contribution in [-0.2, 0) is 29.3 Å². The first kappa shape index (κ1) is 24.5. The minimum Gasteiger partial charge on any atom is -0.573 e. The molecule has 3 N–H and O–H groups in total. The number of benzene rings is 2. The molecule has 1 unspecified atom stereocenters. The molecule has 11 heteroatoms. The van der Waals surface area contributed by atoms with Crippen LogP contribution in [0.15, 0.2) is 66.2 Å². The third-order valence-electron chi connectivity index (χ3n) is 4.70. The van der Waals surface area contributed by atoms with Gasteiger partial charge in [0, 0.05) is 30.7 Å². The van der Waals surface area contributed by atoms with Crippen molar-refractivity contribution in [1.82, 2.24) is 19.7 Å². The fourth-order valence-corrected chi connectivity index (χ4v) is 4.21. The second-order valence-electron chi connectivity index (χ2n) is 6.93. The normalized spacial score (nSPS) is 12.5. The molecule has 0 aliphatic carbocycles. The molecular weight excluding hydrogens is 462 g/mol. The van der Waals surface area contributed by atoms with Crippen LogP contribution in [0.2, 0.25) is 0 Å². The van der Waals surface area contributed by atoms with Crippen LogP contribution >= 0.6 is 11.3 Å². The van der Waals surface area contributed by atoms with Gasteiger partial charge in [-0.1, -0.05) is 30.3 Å². The average Bonchev–Trinajstić information content (AvgIpc) is 3.36. The zero-order chi connectivity index (χ0) is 23.6. The fourth-order valence-electron chi connectivity index (χ4n) is 2.99. The average molecular weight is 488 g/mol. The molecule has 1 aromatic heterocycles. The summed E-state index contributed by atoms with van der Waals surface area (Å²) in [7, 11) is 3.20. The van der Waals surface area contributed by atoms with E-state index >= 15 is 0 Å². The molecule has 0 aliphatic heterocycles. The molecule has 2 aromatic carbocycles. The van der Waals surface area contributed by atoms with Crippen LogP contribution in [-0.4, -0.2) is 41.7 Å². The predicted molar refractivity (Wildman–Crippen MR) is 129 cm³/mol. The highest BCUT2D eigenvalue weighted by Crippen LogP contribution is 2.19. The lowest BCUT2D eigenvalue weighted by atomic mass is 10.0. The molecule has 9 nitrogen and oxygen atoms in total. The maximum Gasteiger partial charge on any atom is 0.358 e. The van der Waals surface area contributed by atoms with E-state index in [-0.39, 0.29) is 18.9 Å². The van der Waals surface area contributed by atoms with Crippen molar-refractivity contribution in [2.45, 2.75) is 19.0 Å². The minimum absolute atomic E-state index is 0.247. The predicted octanol–water partition coefficient (Wildman–Crippen LogP) is 2.39. The molecule has 174 valence electrons. The molecule has 3 amide bonds. The van der Waals surface area contributed by atoms with Crippen molar-refractivity contribution in [1.29, 1.82) is 0 Å². The number of anilines is 1. The number of thiazole rings is 1. The second kappa shape index (κ2) is 12.2. The summed E-state index contributed by atoms with van der Waals surface area (Å²) in [4.78, 5) is 31.3. The van der Waals surface area contributed by atoms with E-state index in [2.05, 4.69) is 19.7 Å². The molecule has 2 atom stereocenters. The first-order chi connectivity index (χ1) is 16.0. The summed E-state index contributed by atoms with van der Waals surface area (Å²) in [5.74, 6) is 0.353. The fraction of sp³-hybridized carbons (Fsp3) is 0.227. The van der Waals surface area contributed by atoms with E-state index in [0.29, 0.717) is 11.4 Å². The lowest BCUT2D eigenvalue weighted by Crippen LogP contribution is -2.54. The number of carbonyl (C=O) groups is 2. The van der Waals surface area contributed by atoms with Gasteiger partial charge in [0.2, 0.25) is 5.91 Å². The van der Waals surface area contributed by atoms with Gasteiger partial charge in [-0.05, 0) is 29.8 Å². The topological polar surface area (TPSA) is 119 Å². The summed E-state index contributed by atoms with van der Waals surface area (Å²) in [6.07, 6.45) is 1.91. The number of carbonyl (C=O) groups excluding carboxylic acids is 2. The van der Waals surface area contributed by atoms with E-state index in [1.165, 1.54) is 16.2 Å². The number of hydrogen-bond acceptors (Lipinski definition) is 7. The molecule has 33 heavy (non-hydrogen) atoms. The molecule has 1 heterocycles. The Balaban J connectivity index is 1.66. The van der Waals surface area contributed by atoms with Crippen LogP contribution in [0.5, 0.6) is 5.75 Å². The summed E-state index contributed by atoms with van der Waals surface area (Å²) in [5, 5.41) is 5.19. The first-order valence-electron chi connectivity index (χ1n) is 10.0. The molecule has 0 aliphatic rings. The van der Waals surface area contributed by atoms with Gasteiger partial charge in [-0.15, -0.1) is 20.8 Å². The Labute approximate surface area is 199 Å². The smallest absolute Gasteiger partial charge is 0.358 e. The molecule has 0 spiro atoms. The van der Waals surface area contributed by atoms with Crippen LogP contribution < -0.4 is 24.4 Å². The molecule has 0 bridgehead atoms. The molecule has 0 fully saturated rings. The maximum atomic E-state index is 13.3. The highest BCUT2D eigenvalue weighted by molar-refractivity contribution is 7.88. The van der Waals surface area contributed by atoms with Crippen LogP contribution in [0.1, 0.15) is 10.6 Å². The van der Waals surface area contributed by atoms with Gasteiger partial charge in [-0.2, -0.15) is 0 Å². The molecule has 3 rings (SSSR count). The van der Waals surface area contributed by atoms with Crippen molar-refractivity contribution in [3.63, 3.8) is 0 Å². The van der Waals surface area contributed by atoms with E-state index in [0.717, 1.165) is 10.6 Å². The van der Waals surface area contributed by atoms with Crippen LogP contribution in [0.25, 0.3) is 0 Å². The van der Waals surface area contributed by atoms with E-state index in [1.807, 2.05) is 30.3 Å². The van der Waals surface area contributed by atoms with Gasteiger partial charge in [-0.3, -0.25) is 4.79 Å². The number of amides is 3. The lowest BCUT2D eigenvalue weighted by Gasteiger charge is -2.25. The number of methoxy groups -OCH3 is 1. The number of likely N-dealkylation sites (N-methyl/N-ethyl adjacent to an activating group) is 1. The Bertz CT molecular complexity index is 1020. The van der Waals surface area contributed by atoms with Crippen molar-refractivity contribution in [2.24, 2.45) is 0 Å². The molecule has 0 saturated carbocycles. The minimum atomic E-state index is -1.85. The highest BCUT2D eigenvalue weighted by Gasteiger charge is 2.27. The monoisotopic (exact) mass is 487 g/mol. The Morgan fingerprint density at radius 1 is 1.18 bits per heavy atom. The number of urea groups is 1. The Morgan fingerprint density at radius 3 is 2.55 bits per heavy atom. The van der Waals surface area contributed by atoms with E-state index < -0.39 is 23.6 Å². The van der Waals surface area contributed by atoms with Crippen molar-refractivity contribution in [2.75, 3.05) is 19.1 Å². The van der Waals surface area contributed by atoms with Gasteiger partial charge >= 0.3 is 6.03 Å². The van der Waals surface area contributed by atoms with Gasteiger partial charge in [-0.25, -0.2) is 9.78 Å². The van der Waals surface area contributed by atoms with Gasteiger partial charge in [0.25, 0.3) is 0 Å². The number of ether oxygens (including phenoxy) is 1. The zero-order valence-electron chi connectivity index (χ0n) is 18.2. The number of nitrogens with zero attached hydrogens (tertiary/aromatic N) is 2. The summed E-state index contributed by atoms with van der Waals surface area (Å²) < 4.78 is 22.3. The summed E-state index contributed by atoms with van der Waals surface area (Å²) in [6, 6.07) is 14.8. The zero-order valence-corrected chi connectivity index (χ0v) is 19.8. The molecular formula is C22H25N5O4S2. The third kappa shape index (κ3) is 7.46. The van der Waals surface area contributed by atoms with E-state index in [1.54, 1.807) is 50.0 Å². The standard InChI is InChI=1S/C22H25N5O4S2/c1-27(17-8-10-18(31-2)11-9-17)21(28)19(14-16-6-4-3-5-7-16)25-22(29)26-33(30)24-15-20-23-12-13-32-20/h3-13,19,24H,14-15H2,1-2H3,(H2,25,26,29)/t19-,33?/m0/s1. The largest absolute Gasteiger partial charge is 0.573 e. The Morgan fingerprint density at radius 2 is 1.91 bits per heavy atom. The van der Waals surface area contributed by atoms with E-state index in [9.17, 15) is 14.1 Å². The van der Waals surface area contributed by atoms with Crippen molar-refractivity contribution in [3.05, 3.63) is 76.7 Å². The van der Waals surface area contributed by atoms with E-state index in [4.69, 9.17) is 4.74 Å². The van der Waals surface area contributed by atoms with Crippen LogP contribution in [0, 0.1) is 0 Å². The van der Waals surface area contributed by atoms with Gasteiger partial charge in [0.1, 0.15) is 16.8 Å². The van der Waals surface area contributed by atoms with Crippen molar-refractivity contribution in [3.8, 4) is 5.75 Å². The Kier molecular flexibility index (Phi) is 9.07. The second-order valence-corrected chi connectivity index (χ2v) is 8.94. The lowest BCUT2D eigenvalue weighted by molar-refractivity contribution is -0.120. The highest BCUT2D eigenvalue weighted by atomic mass is 32.2. The van der Waals surface area contributed by atoms with Gasteiger partial charge in [0.15, 0.2) is 11.5 Å². The summed E-state index contributed by atoms with van der Waals surface area (Å²) in [5.41, 5.74) is 1.53. The molecule has 0 saturated heterocycles. The summed E-state index contributed by atoms with van der Waals surface area (Å²) in [6.45, 7) is 0.247. The third-order valence-corrected chi connectivity index (χ3v) is 6.26. The Hall–Kier alpha value is -3.12. The van der Waals surface area contributed by atoms with Crippen LogP contribution in [0.4, 0.5) is 10.5 Å². The number of nitrogens with one attached hydrogen (secondary N) is 3. The maximum absolute atomic E-state index is 13.3. The quantitative estimate of drug-likeness (QED) is 0.378. The molecule has 0 radical (unpaired) electrons. The number of hydrogen-bond donors (Lipinski definition) is 3. The number of rotatable bonds is 10. The summed E-state index contributed by atoms with van der Waals surface area (Å²) >= 11 is -0.437. The molecule has 3 aromatic rings. The van der Waals surface area contributed by atoms with Crippen molar-refractivity contribution >= 4 is 40.5 Å². The van der Waals surface area contributed by atoms with Crippen molar-refractivity contribution < 1.29 is 18.9 Å². The number of aromatic nitrogens is 1. The van der Waals surface area contributed by atoms with Crippen LogP contribution in [0.3, 0.4) is 0 Å². The van der Waals surface area contributed by atoms with Gasteiger partial charge < -0.3 is 19.5 Å².